The molecule has 27 heavy (non-hydrogen) atoms. The van der Waals surface area contributed by atoms with Gasteiger partial charge in [-0.2, -0.15) is 4.98 Å². The molecular formula is C20H21N5O2. The Hall–Kier alpha value is -3.09. The lowest BCUT2D eigenvalue weighted by Gasteiger charge is -2.33. The van der Waals surface area contributed by atoms with Crippen molar-refractivity contribution in [1.29, 1.82) is 0 Å². The van der Waals surface area contributed by atoms with Crippen LogP contribution in [0.15, 0.2) is 47.4 Å². The Morgan fingerprint density at radius 1 is 1.30 bits per heavy atom. The summed E-state index contributed by atoms with van der Waals surface area (Å²) in [6, 6.07) is 9.85. The molecule has 1 aromatic carbocycles. The van der Waals surface area contributed by atoms with Gasteiger partial charge in [0.2, 0.25) is 17.6 Å². The highest BCUT2D eigenvalue weighted by atomic mass is 16.5. The molecule has 1 saturated heterocycles. The van der Waals surface area contributed by atoms with Gasteiger partial charge in [0, 0.05) is 32.1 Å². The number of aromatic nitrogens is 4. The highest BCUT2D eigenvalue weighted by Gasteiger charge is 2.28. The number of carbonyl (C=O) groups excluding carboxylic acids is 1. The van der Waals surface area contributed by atoms with Crippen LogP contribution < -0.4 is 0 Å². The van der Waals surface area contributed by atoms with E-state index in [1.807, 2.05) is 35.2 Å². The molecule has 7 nitrogen and oxygen atoms in total. The highest BCUT2D eigenvalue weighted by molar-refractivity contribution is 5.79. The minimum atomic E-state index is 0.135. The molecule has 0 saturated carbocycles. The first-order chi connectivity index (χ1) is 13.2. The van der Waals surface area contributed by atoms with Crippen molar-refractivity contribution < 1.29 is 9.32 Å². The zero-order valence-electron chi connectivity index (χ0n) is 15.2. The Morgan fingerprint density at radius 2 is 2.15 bits per heavy atom. The number of hydrogen-bond acceptors (Lipinski definition) is 6. The minimum absolute atomic E-state index is 0.135. The van der Waals surface area contributed by atoms with Crippen molar-refractivity contribution in [2.45, 2.75) is 32.1 Å². The molecule has 3 heterocycles. The van der Waals surface area contributed by atoms with Crippen LogP contribution in [0, 0.1) is 6.92 Å². The Bertz CT molecular complexity index is 925. The number of nitrogens with zero attached hydrogens (tertiary/aromatic N) is 5. The Labute approximate surface area is 157 Å². The van der Waals surface area contributed by atoms with E-state index in [9.17, 15) is 4.79 Å². The van der Waals surface area contributed by atoms with Gasteiger partial charge in [0.05, 0.1) is 17.7 Å². The molecule has 0 aliphatic carbocycles. The Morgan fingerprint density at radius 3 is 2.93 bits per heavy atom. The van der Waals surface area contributed by atoms with Crippen LogP contribution in [-0.2, 0) is 11.2 Å². The van der Waals surface area contributed by atoms with Gasteiger partial charge in [-0.3, -0.25) is 4.79 Å². The van der Waals surface area contributed by atoms with Gasteiger partial charge >= 0.3 is 0 Å². The van der Waals surface area contributed by atoms with Gasteiger partial charge < -0.3 is 9.42 Å². The van der Waals surface area contributed by atoms with Gasteiger partial charge in [-0.25, -0.2) is 9.97 Å². The third-order valence-electron chi connectivity index (χ3n) is 4.87. The molecule has 0 N–H and O–H groups in total. The molecule has 4 rings (SSSR count). The van der Waals surface area contributed by atoms with Gasteiger partial charge in [0.25, 0.3) is 0 Å². The van der Waals surface area contributed by atoms with Gasteiger partial charge in [-0.1, -0.05) is 35.5 Å². The molecule has 1 aliphatic rings. The Balaban J connectivity index is 1.53. The summed E-state index contributed by atoms with van der Waals surface area (Å²) in [5.74, 6) is 1.28. The predicted octanol–water partition coefficient (Wildman–Crippen LogP) is 2.78. The lowest BCUT2D eigenvalue weighted by molar-refractivity contribution is -0.131. The van der Waals surface area contributed by atoms with Crippen LogP contribution in [-0.4, -0.2) is 44.0 Å². The molecule has 0 spiro atoms. The number of likely N-dealkylation sites (tertiary alicyclic amines) is 1. The van der Waals surface area contributed by atoms with Crippen LogP contribution >= 0.6 is 0 Å². The van der Waals surface area contributed by atoms with Crippen molar-refractivity contribution in [2.75, 3.05) is 13.1 Å². The molecule has 7 heteroatoms. The maximum Gasteiger partial charge on any atom is 0.227 e. The standard InChI is InChI=1S/C20H21N5O2/c1-14-23-20(24-27-14)17-11-21-13-22-19(17)16-8-5-9-25(12-16)18(26)10-15-6-3-2-4-7-15/h2-4,6-7,11,13,16H,5,8-10,12H2,1H3/t16-/m0/s1. The summed E-state index contributed by atoms with van der Waals surface area (Å²) < 4.78 is 5.11. The molecule has 1 atom stereocenters. The van der Waals surface area contributed by atoms with E-state index in [0.29, 0.717) is 24.7 Å². The second-order valence-corrected chi connectivity index (χ2v) is 6.80. The SMILES string of the molecule is Cc1nc(-c2cncnc2[C@H]2CCCN(C(=O)Cc3ccccc3)C2)no1. The molecular weight excluding hydrogens is 342 g/mol. The van der Waals surface area contributed by atoms with Crippen LogP contribution in [0.3, 0.4) is 0 Å². The quantitative estimate of drug-likeness (QED) is 0.709. The fraction of sp³-hybridized carbons (Fsp3) is 0.350. The van der Waals surface area contributed by atoms with E-state index < -0.39 is 0 Å². The van der Waals surface area contributed by atoms with Crippen LogP contribution in [0.25, 0.3) is 11.4 Å². The average molecular weight is 363 g/mol. The van der Waals surface area contributed by atoms with Crippen molar-refractivity contribution in [3.8, 4) is 11.4 Å². The van der Waals surface area contributed by atoms with E-state index >= 15 is 0 Å². The summed E-state index contributed by atoms with van der Waals surface area (Å²) in [7, 11) is 0. The molecule has 2 aromatic heterocycles. The van der Waals surface area contributed by atoms with E-state index in [-0.39, 0.29) is 11.8 Å². The first kappa shape index (κ1) is 17.3. The number of rotatable bonds is 4. The molecule has 0 radical (unpaired) electrons. The molecule has 0 bridgehead atoms. The Kier molecular flexibility index (Phi) is 4.91. The normalized spacial score (nSPS) is 17.1. The fourth-order valence-electron chi connectivity index (χ4n) is 3.55. The van der Waals surface area contributed by atoms with Crippen LogP contribution in [0.1, 0.15) is 35.9 Å². The van der Waals surface area contributed by atoms with Gasteiger partial charge in [0.15, 0.2) is 0 Å². The van der Waals surface area contributed by atoms with E-state index in [4.69, 9.17) is 4.52 Å². The molecule has 0 unspecified atom stereocenters. The molecule has 1 amide bonds. The van der Waals surface area contributed by atoms with Crippen molar-refractivity contribution in [3.05, 3.63) is 60.0 Å². The number of hydrogen-bond donors (Lipinski definition) is 0. The smallest absolute Gasteiger partial charge is 0.227 e. The van der Waals surface area contributed by atoms with E-state index in [1.54, 1.807) is 13.1 Å². The van der Waals surface area contributed by atoms with Crippen molar-refractivity contribution in [1.82, 2.24) is 25.0 Å². The lowest BCUT2D eigenvalue weighted by atomic mass is 9.91. The van der Waals surface area contributed by atoms with Gasteiger partial charge in [0.1, 0.15) is 6.33 Å². The van der Waals surface area contributed by atoms with Crippen molar-refractivity contribution in [3.63, 3.8) is 0 Å². The number of benzene rings is 1. The zero-order valence-corrected chi connectivity index (χ0v) is 15.2. The third kappa shape index (κ3) is 3.86. The summed E-state index contributed by atoms with van der Waals surface area (Å²) >= 11 is 0. The molecule has 1 fully saturated rings. The maximum absolute atomic E-state index is 12.8. The average Bonchev–Trinajstić information content (AvgIpc) is 3.15. The summed E-state index contributed by atoms with van der Waals surface area (Å²) in [6.45, 7) is 3.18. The summed E-state index contributed by atoms with van der Waals surface area (Å²) in [5.41, 5.74) is 2.69. The highest BCUT2D eigenvalue weighted by Crippen LogP contribution is 2.31. The largest absolute Gasteiger partial charge is 0.342 e. The first-order valence-electron chi connectivity index (χ1n) is 9.13. The third-order valence-corrected chi connectivity index (χ3v) is 4.87. The topological polar surface area (TPSA) is 85.0 Å². The number of aryl methyl sites for hydroxylation is 1. The van der Waals surface area contributed by atoms with Crippen molar-refractivity contribution >= 4 is 5.91 Å². The van der Waals surface area contributed by atoms with Crippen molar-refractivity contribution in [2.24, 2.45) is 0 Å². The predicted molar refractivity (Wildman–Crippen MR) is 98.8 cm³/mol. The van der Waals surface area contributed by atoms with Gasteiger partial charge in [-0.05, 0) is 18.4 Å². The molecule has 3 aromatic rings. The minimum Gasteiger partial charge on any atom is -0.342 e. The monoisotopic (exact) mass is 363 g/mol. The van der Waals surface area contributed by atoms with Gasteiger partial charge in [-0.15, -0.1) is 0 Å². The second kappa shape index (κ2) is 7.65. The summed E-state index contributed by atoms with van der Waals surface area (Å²) in [5, 5.41) is 4.00. The summed E-state index contributed by atoms with van der Waals surface area (Å²) in [6.07, 6.45) is 5.60. The maximum atomic E-state index is 12.8. The number of amides is 1. The van der Waals surface area contributed by atoms with E-state index in [1.165, 1.54) is 6.33 Å². The van der Waals surface area contributed by atoms with Crippen LogP contribution in [0.5, 0.6) is 0 Å². The van der Waals surface area contributed by atoms with Crippen LogP contribution in [0.2, 0.25) is 0 Å². The molecule has 138 valence electrons. The van der Waals surface area contributed by atoms with Crippen LogP contribution in [0.4, 0.5) is 0 Å². The number of piperidine rings is 1. The fourth-order valence-corrected chi connectivity index (χ4v) is 3.55. The van der Waals surface area contributed by atoms with E-state index in [0.717, 1.165) is 36.2 Å². The zero-order chi connectivity index (χ0) is 18.6. The second-order valence-electron chi connectivity index (χ2n) is 6.80. The first-order valence-corrected chi connectivity index (χ1v) is 9.13. The number of carbonyl (C=O) groups is 1. The van der Waals surface area contributed by atoms with E-state index in [2.05, 4.69) is 20.1 Å². The summed E-state index contributed by atoms with van der Waals surface area (Å²) in [4.78, 5) is 27.6. The molecule has 1 aliphatic heterocycles. The lowest BCUT2D eigenvalue weighted by Crippen LogP contribution is -2.40.